The van der Waals surface area contributed by atoms with Crippen LogP contribution in [0.15, 0.2) is 77.0 Å². The second-order valence-electron chi connectivity index (χ2n) is 4.93. The van der Waals surface area contributed by atoms with E-state index in [0.717, 1.165) is 34.4 Å². The molecular weight excluding hydrogens is 272 g/mol. The molecule has 3 N–H and O–H groups in total. The summed E-state index contributed by atoms with van der Waals surface area (Å²) in [6.45, 7) is 1.35. The van der Waals surface area contributed by atoms with Crippen LogP contribution in [0.2, 0.25) is 0 Å². The van der Waals surface area contributed by atoms with Crippen molar-refractivity contribution in [2.75, 3.05) is 18.4 Å². The zero-order chi connectivity index (χ0) is 15.2. The predicted molar refractivity (Wildman–Crippen MR) is 92.1 cm³/mol. The number of azo groups is 1. The van der Waals surface area contributed by atoms with Crippen molar-refractivity contribution in [2.45, 2.75) is 0 Å². The average molecular weight is 290 g/mol. The molecule has 0 unspecified atom stereocenters. The fraction of sp³-hybridized carbons (Fsp3) is 0.111. The van der Waals surface area contributed by atoms with Gasteiger partial charge in [-0.25, -0.2) is 0 Å². The van der Waals surface area contributed by atoms with Gasteiger partial charge in [-0.1, -0.05) is 42.5 Å². The molecule has 0 aromatic heterocycles. The zero-order valence-corrected chi connectivity index (χ0v) is 12.2. The Balaban J connectivity index is 1.99. The maximum atomic E-state index is 5.57. The summed E-state index contributed by atoms with van der Waals surface area (Å²) in [5.41, 5.74) is 8.34. The van der Waals surface area contributed by atoms with E-state index in [0.29, 0.717) is 6.54 Å². The third-order valence-corrected chi connectivity index (χ3v) is 3.39. The van der Waals surface area contributed by atoms with Gasteiger partial charge in [-0.05, 0) is 24.3 Å². The summed E-state index contributed by atoms with van der Waals surface area (Å²) in [6.07, 6.45) is 0. The molecule has 3 rings (SSSR count). The summed E-state index contributed by atoms with van der Waals surface area (Å²) in [7, 11) is 0. The maximum Gasteiger partial charge on any atom is 0.0936 e. The molecule has 22 heavy (non-hydrogen) atoms. The van der Waals surface area contributed by atoms with Crippen molar-refractivity contribution in [1.82, 2.24) is 0 Å². The van der Waals surface area contributed by atoms with Crippen molar-refractivity contribution >= 4 is 27.8 Å². The molecule has 0 aliphatic heterocycles. The Morgan fingerprint density at radius 2 is 1.50 bits per heavy atom. The number of rotatable bonds is 5. The van der Waals surface area contributed by atoms with Crippen LogP contribution >= 0.6 is 0 Å². The molecule has 0 aliphatic rings. The van der Waals surface area contributed by atoms with Gasteiger partial charge in [0.25, 0.3) is 0 Å². The molecular formula is C18H18N4. The predicted octanol–water partition coefficient (Wildman–Crippen LogP) is 4.63. The van der Waals surface area contributed by atoms with E-state index in [1.807, 2.05) is 54.6 Å². The first-order valence-corrected chi connectivity index (χ1v) is 7.31. The van der Waals surface area contributed by atoms with E-state index in [9.17, 15) is 0 Å². The van der Waals surface area contributed by atoms with E-state index in [1.165, 1.54) is 0 Å². The number of benzene rings is 3. The van der Waals surface area contributed by atoms with E-state index >= 15 is 0 Å². The first-order chi connectivity index (χ1) is 10.9. The molecule has 0 fully saturated rings. The van der Waals surface area contributed by atoms with Crippen LogP contribution in [-0.4, -0.2) is 13.1 Å². The van der Waals surface area contributed by atoms with Crippen LogP contribution in [0.1, 0.15) is 0 Å². The highest BCUT2D eigenvalue weighted by molar-refractivity contribution is 6.00. The summed E-state index contributed by atoms with van der Waals surface area (Å²) in [6, 6.07) is 21.9. The van der Waals surface area contributed by atoms with Gasteiger partial charge in [-0.3, -0.25) is 0 Å². The largest absolute Gasteiger partial charge is 0.383 e. The van der Waals surface area contributed by atoms with Gasteiger partial charge in [0.1, 0.15) is 0 Å². The topological polar surface area (TPSA) is 62.8 Å². The van der Waals surface area contributed by atoms with Crippen molar-refractivity contribution in [2.24, 2.45) is 16.0 Å². The third-order valence-electron chi connectivity index (χ3n) is 3.39. The van der Waals surface area contributed by atoms with Gasteiger partial charge in [-0.15, -0.1) is 5.11 Å². The number of nitrogens with zero attached hydrogens (tertiary/aromatic N) is 2. The minimum absolute atomic E-state index is 0.601. The summed E-state index contributed by atoms with van der Waals surface area (Å²) >= 11 is 0. The second-order valence-corrected chi connectivity index (χ2v) is 4.93. The molecule has 0 radical (unpaired) electrons. The molecule has 0 saturated heterocycles. The number of anilines is 1. The molecule has 0 bridgehead atoms. The highest BCUT2D eigenvalue weighted by Crippen LogP contribution is 2.32. The van der Waals surface area contributed by atoms with Crippen LogP contribution in [0.25, 0.3) is 10.8 Å². The molecule has 0 saturated carbocycles. The van der Waals surface area contributed by atoms with Crippen molar-refractivity contribution in [3.8, 4) is 0 Å². The van der Waals surface area contributed by atoms with Gasteiger partial charge in [0.2, 0.25) is 0 Å². The van der Waals surface area contributed by atoms with Crippen molar-refractivity contribution < 1.29 is 0 Å². The van der Waals surface area contributed by atoms with Crippen LogP contribution in [0.3, 0.4) is 0 Å². The Morgan fingerprint density at radius 1 is 0.773 bits per heavy atom. The fourth-order valence-electron chi connectivity index (χ4n) is 2.34. The Hall–Kier alpha value is -2.72. The van der Waals surface area contributed by atoms with E-state index in [1.54, 1.807) is 0 Å². The van der Waals surface area contributed by atoms with Gasteiger partial charge in [0.05, 0.1) is 11.4 Å². The zero-order valence-electron chi connectivity index (χ0n) is 12.2. The van der Waals surface area contributed by atoms with E-state index in [2.05, 4.69) is 27.7 Å². The molecule has 0 heterocycles. The normalized spacial score (nSPS) is 11.1. The Bertz CT molecular complexity index is 781. The lowest BCUT2D eigenvalue weighted by Crippen LogP contribution is -2.13. The summed E-state index contributed by atoms with van der Waals surface area (Å²) < 4.78 is 0. The monoisotopic (exact) mass is 290 g/mol. The average Bonchev–Trinajstić information content (AvgIpc) is 2.59. The lowest BCUT2D eigenvalue weighted by atomic mass is 10.1. The third kappa shape index (κ3) is 3.13. The molecule has 3 aromatic carbocycles. The quantitative estimate of drug-likeness (QED) is 0.673. The van der Waals surface area contributed by atoms with E-state index in [-0.39, 0.29) is 0 Å². The fourth-order valence-corrected chi connectivity index (χ4v) is 2.34. The summed E-state index contributed by atoms with van der Waals surface area (Å²) in [5.74, 6) is 0. The van der Waals surface area contributed by atoms with Gasteiger partial charge in [-0.2, -0.15) is 5.11 Å². The summed E-state index contributed by atoms with van der Waals surface area (Å²) in [5, 5.41) is 14.2. The van der Waals surface area contributed by atoms with Crippen LogP contribution in [0.5, 0.6) is 0 Å². The standard InChI is InChI=1S/C18H18N4/c19-12-13-20-17-10-11-18(16-9-5-4-8-15(16)17)22-21-14-6-2-1-3-7-14/h1-11,20H,12-13,19H2. The maximum absolute atomic E-state index is 5.57. The highest BCUT2D eigenvalue weighted by atomic mass is 15.1. The number of fused-ring (bicyclic) bond motifs is 1. The van der Waals surface area contributed by atoms with Gasteiger partial charge in [0.15, 0.2) is 0 Å². The first kappa shape index (κ1) is 14.2. The Morgan fingerprint density at radius 3 is 2.27 bits per heavy atom. The van der Waals surface area contributed by atoms with Crippen LogP contribution < -0.4 is 11.1 Å². The number of nitrogens with two attached hydrogens (primary N) is 1. The minimum atomic E-state index is 0.601. The SMILES string of the molecule is NCCNc1ccc(N=Nc2ccccc2)c2ccccc12. The van der Waals surface area contributed by atoms with Crippen LogP contribution in [0.4, 0.5) is 17.1 Å². The lowest BCUT2D eigenvalue weighted by Gasteiger charge is -2.10. The molecule has 4 heteroatoms. The first-order valence-electron chi connectivity index (χ1n) is 7.31. The Labute approximate surface area is 129 Å². The molecule has 4 nitrogen and oxygen atoms in total. The molecule has 0 spiro atoms. The van der Waals surface area contributed by atoms with E-state index < -0.39 is 0 Å². The minimum Gasteiger partial charge on any atom is -0.383 e. The number of hydrogen-bond donors (Lipinski definition) is 2. The molecule has 110 valence electrons. The van der Waals surface area contributed by atoms with Gasteiger partial charge in [0, 0.05) is 29.5 Å². The molecule has 0 amide bonds. The van der Waals surface area contributed by atoms with Crippen molar-refractivity contribution in [3.05, 3.63) is 66.7 Å². The number of nitrogens with one attached hydrogen (secondary N) is 1. The van der Waals surface area contributed by atoms with Gasteiger partial charge >= 0.3 is 0 Å². The van der Waals surface area contributed by atoms with E-state index in [4.69, 9.17) is 5.73 Å². The molecule has 3 aromatic rings. The second kappa shape index (κ2) is 6.83. The van der Waals surface area contributed by atoms with Crippen molar-refractivity contribution in [1.29, 1.82) is 0 Å². The smallest absolute Gasteiger partial charge is 0.0936 e. The molecule has 0 atom stereocenters. The highest BCUT2D eigenvalue weighted by Gasteiger charge is 2.04. The van der Waals surface area contributed by atoms with Gasteiger partial charge < -0.3 is 11.1 Å². The summed E-state index contributed by atoms with van der Waals surface area (Å²) in [4.78, 5) is 0. The number of hydrogen-bond acceptors (Lipinski definition) is 4. The van der Waals surface area contributed by atoms with Crippen LogP contribution in [-0.2, 0) is 0 Å². The Kier molecular flexibility index (Phi) is 4.41. The molecule has 0 aliphatic carbocycles. The lowest BCUT2D eigenvalue weighted by molar-refractivity contribution is 1.03. The van der Waals surface area contributed by atoms with Crippen molar-refractivity contribution in [3.63, 3.8) is 0 Å². The van der Waals surface area contributed by atoms with Crippen LogP contribution in [0, 0.1) is 0 Å².